The lowest BCUT2D eigenvalue weighted by Gasteiger charge is -2.09. The number of hydrogen-bond donors (Lipinski definition) is 0. The fourth-order valence-corrected chi connectivity index (χ4v) is 2.21. The summed E-state index contributed by atoms with van der Waals surface area (Å²) >= 11 is 0. The molecule has 0 saturated carbocycles. The van der Waals surface area contributed by atoms with E-state index in [1.54, 1.807) is 0 Å². The largest absolute Gasteiger partial charge is 0.223 e. The summed E-state index contributed by atoms with van der Waals surface area (Å²) in [5, 5.41) is 0. The van der Waals surface area contributed by atoms with Gasteiger partial charge in [0, 0.05) is 7.05 Å². The van der Waals surface area contributed by atoms with Gasteiger partial charge in [0.15, 0.2) is 0 Å². The highest BCUT2D eigenvalue weighted by Gasteiger charge is 2.20. The molecule has 5 nitrogen and oxygen atoms in total. The molecule has 0 bridgehead atoms. The minimum Gasteiger partial charge on any atom is -0.212 e. The van der Waals surface area contributed by atoms with Crippen molar-refractivity contribution in [2.75, 3.05) is 19.6 Å². The Labute approximate surface area is 60.8 Å². The first-order valence-corrected chi connectivity index (χ1v) is 5.99. The second-order valence-corrected chi connectivity index (χ2v) is 6.16. The number of rotatable bonds is 2. The molecule has 0 amide bonds. The van der Waals surface area contributed by atoms with E-state index in [1.807, 2.05) is 0 Å². The molecule has 0 saturated heterocycles. The Bertz CT molecular complexity index is 267. The number of nitrogens with zero attached hydrogens (tertiary/aromatic N) is 1. The highest BCUT2D eigenvalue weighted by molar-refractivity contribution is 8.03. The van der Waals surface area contributed by atoms with Crippen LogP contribution < -0.4 is 0 Å². The molecule has 0 aromatic carbocycles. The van der Waals surface area contributed by atoms with Crippen LogP contribution in [0.5, 0.6) is 0 Å². The molecular weight excluding hydrogens is 178 g/mol. The molecule has 0 heterocycles. The van der Waals surface area contributed by atoms with Gasteiger partial charge in [0.1, 0.15) is 0 Å². The van der Waals surface area contributed by atoms with Crippen molar-refractivity contribution in [1.82, 2.24) is 3.71 Å². The lowest BCUT2D eigenvalue weighted by atomic mass is 11.6. The first-order valence-electron chi connectivity index (χ1n) is 2.30. The third kappa shape index (κ3) is 2.63. The quantitative estimate of drug-likeness (QED) is 0.546. The van der Waals surface area contributed by atoms with Crippen LogP contribution >= 0.6 is 0 Å². The van der Waals surface area contributed by atoms with Gasteiger partial charge < -0.3 is 0 Å². The molecule has 0 aromatic heterocycles. The minimum atomic E-state index is -3.62. The van der Waals surface area contributed by atoms with E-state index >= 15 is 0 Å². The van der Waals surface area contributed by atoms with Gasteiger partial charge in [-0.05, 0) is 0 Å². The Morgan fingerprint density at radius 1 is 0.900 bits per heavy atom. The molecule has 0 aliphatic carbocycles. The molecule has 7 heteroatoms. The van der Waals surface area contributed by atoms with Crippen LogP contribution in [0.2, 0.25) is 0 Å². The zero-order valence-electron chi connectivity index (χ0n) is 5.90. The highest BCUT2D eigenvalue weighted by Crippen LogP contribution is 1.98. The number of hydrogen-bond acceptors (Lipinski definition) is 4. The predicted octanol–water partition coefficient (Wildman–Crippen LogP) is -1.16. The average Bonchev–Trinajstić information content (AvgIpc) is 1.59. The molecule has 62 valence electrons. The Morgan fingerprint density at radius 3 is 1.10 bits per heavy atom. The lowest BCUT2D eigenvalue weighted by Crippen LogP contribution is -2.31. The SMILES string of the molecule is CN(S(C)(=O)=O)S(C)(=O)=O. The Balaban J connectivity index is 4.94. The summed E-state index contributed by atoms with van der Waals surface area (Å²) in [6.45, 7) is 0. The normalized spacial score (nSPS) is 14.0. The van der Waals surface area contributed by atoms with Crippen LogP contribution in [0.4, 0.5) is 0 Å². The second kappa shape index (κ2) is 2.48. The second-order valence-electron chi connectivity index (χ2n) is 1.91. The van der Waals surface area contributed by atoms with Crippen LogP contribution in [0, 0.1) is 0 Å². The third-order valence-electron chi connectivity index (χ3n) is 0.934. The van der Waals surface area contributed by atoms with Crippen molar-refractivity contribution in [1.29, 1.82) is 0 Å². The Hall–Kier alpha value is -0.140. The monoisotopic (exact) mass is 187 g/mol. The van der Waals surface area contributed by atoms with Crippen LogP contribution in [0.15, 0.2) is 0 Å². The van der Waals surface area contributed by atoms with Gasteiger partial charge in [-0.1, -0.05) is 3.71 Å². The van der Waals surface area contributed by atoms with Gasteiger partial charge in [0.05, 0.1) is 12.5 Å². The van der Waals surface area contributed by atoms with Crippen molar-refractivity contribution < 1.29 is 16.8 Å². The van der Waals surface area contributed by atoms with Gasteiger partial charge in [0.25, 0.3) is 0 Å². The van der Waals surface area contributed by atoms with Gasteiger partial charge in [-0.15, -0.1) is 0 Å². The Kier molecular flexibility index (Phi) is 2.44. The van der Waals surface area contributed by atoms with Crippen molar-refractivity contribution in [2.45, 2.75) is 0 Å². The number of sulfonamides is 2. The summed E-state index contributed by atoms with van der Waals surface area (Å²) in [4.78, 5) is 0. The maximum atomic E-state index is 10.5. The third-order valence-corrected chi connectivity index (χ3v) is 4.43. The summed E-state index contributed by atoms with van der Waals surface area (Å²) < 4.78 is 42.4. The van der Waals surface area contributed by atoms with E-state index in [2.05, 4.69) is 0 Å². The molecule has 0 fully saturated rings. The summed E-state index contributed by atoms with van der Waals surface area (Å²) in [7, 11) is -6.24. The maximum absolute atomic E-state index is 10.5. The zero-order chi connectivity index (χ0) is 8.58. The molecule has 0 aliphatic heterocycles. The summed E-state index contributed by atoms with van der Waals surface area (Å²) in [6.07, 6.45) is 1.65. The van der Waals surface area contributed by atoms with Crippen LogP contribution in [0.1, 0.15) is 0 Å². The fraction of sp³-hybridized carbons (Fsp3) is 1.00. The minimum absolute atomic E-state index is 0.319. The summed E-state index contributed by atoms with van der Waals surface area (Å²) in [5.74, 6) is 0. The van der Waals surface area contributed by atoms with Gasteiger partial charge in [-0.2, -0.15) is 0 Å². The smallest absolute Gasteiger partial charge is 0.212 e. The Morgan fingerprint density at radius 2 is 1.10 bits per heavy atom. The molecular formula is C3H9NO4S2. The van der Waals surface area contributed by atoms with Crippen molar-refractivity contribution in [3.8, 4) is 0 Å². The lowest BCUT2D eigenvalue weighted by molar-refractivity contribution is 0.534. The van der Waals surface area contributed by atoms with E-state index in [-0.39, 0.29) is 0 Å². The van der Waals surface area contributed by atoms with Crippen LogP contribution in [-0.2, 0) is 20.0 Å². The van der Waals surface area contributed by atoms with E-state index < -0.39 is 20.0 Å². The van der Waals surface area contributed by atoms with E-state index in [1.165, 1.54) is 0 Å². The topological polar surface area (TPSA) is 71.5 Å². The average molecular weight is 187 g/mol. The predicted molar refractivity (Wildman–Crippen MR) is 37.5 cm³/mol. The molecule has 0 aliphatic rings. The highest BCUT2D eigenvalue weighted by atomic mass is 32.3. The van der Waals surface area contributed by atoms with Gasteiger partial charge >= 0.3 is 0 Å². The summed E-state index contributed by atoms with van der Waals surface area (Å²) in [5.41, 5.74) is 0. The molecule has 0 radical (unpaired) electrons. The fourth-order valence-electron chi connectivity index (χ4n) is 0.246. The maximum Gasteiger partial charge on any atom is 0.223 e. The molecule has 0 aromatic rings. The molecule has 10 heavy (non-hydrogen) atoms. The van der Waals surface area contributed by atoms with Crippen molar-refractivity contribution in [3.63, 3.8) is 0 Å². The first-order chi connectivity index (χ1) is 4.15. The van der Waals surface area contributed by atoms with Gasteiger partial charge in [0.2, 0.25) is 20.0 Å². The zero-order valence-corrected chi connectivity index (χ0v) is 7.53. The molecule has 0 N–H and O–H groups in total. The summed E-state index contributed by atoms with van der Waals surface area (Å²) in [6, 6.07) is 0. The van der Waals surface area contributed by atoms with E-state index in [0.29, 0.717) is 3.71 Å². The van der Waals surface area contributed by atoms with E-state index in [0.717, 1.165) is 19.6 Å². The standard InChI is InChI=1S/C3H9NO4S2/c1-4(9(2,5)6)10(3,7)8/h1-3H3. The van der Waals surface area contributed by atoms with Crippen molar-refractivity contribution >= 4 is 20.0 Å². The van der Waals surface area contributed by atoms with Crippen LogP contribution in [-0.4, -0.2) is 40.1 Å². The first kappa shape index (κ1) is 9.86. The molecule has 0 atom stereocenters. The van der Waals surface area contributed by atoms with Crippen LogP contribution in [0.25, 0.3) is 0 Å². The van der Waals surface area contributed by atoms with Crippen molar-refractivity contribution in [3.05, 3.63) is 0 Å². The molecule has 0 unspecified atom stereocenters. The molecule has 0 spiro atoms. The van der Waals surface area contributed by atoms with E-state index in [4.69, 9.17) is 0 Å². The van der Waals surface area contributed by atoms with Gasteiger partial charge in [-0.3, -0.25) is 0 Å². The van der Waals surface area contributed by atoms with Crippen molar-refractivity contribution in [2.24, 2.45) is 0 Å². The molecule has 0 rings (SSSR count). The van der Waals surface area contributed by atoms with Gasteiger partial charge in [-0.25, -0.2) is 16.8 Å². The van der Waals surface area contributed by atoms with Crippen LogP contribution in [0.3, 0.4) is 0 Å². The van der Waals surface area contributed by atoms with E-state index in [9.17, 15) is 16.8 Å².